The van der Waals surface area contributed by atoms with Crippen molar-refractivity contribution in [3.63, 3.8) is 0 Å². The number of esters is 1. The first-order valence-electron chi connectivity index (χ1n) is 11.4. The number of hydrogen-bond acceptors (Lipinski definition) is 5. The predicted octanol–water partition coefficient (Wildman–Crippen LogP) is 5.54. The third-order valence-electron chi connectivity index (χ3n) is 5.43. The number of piperidine rings is 1. The quantitative estimate of drug-likeness (QED) is 0.489. The molecule has 0 spiro atoms. The van der Waals surface area contributed by atoms with E-state index in [4.69, 9.17) is 9.47 Å². The molecular formula is C26H33BrN2O4. The fourth-order valence-electron chi connectivity index (χ4n) is 3.74. The SMILES string of the molecule is CC(C)(C)OC(=O)N1CCC(CNCc2cc(Br)cc(C(=O)OCc3ccccc3)c2)CC1. The molecule has 2 aromatic rings. The summed E-state index contributed by atoms with van der Waals surface area (Å²) in [7, 11) is 0. The zero-order valence-corrected chi connectivity index (χ0v) is 21.2. The number of nitrogens with one attached hydrogen (secondary N) is 1. The maximum atomic E-state index is 12.5. The Morgan fingerprint density at radius 3 is 2.42 bits per heavy atom. The first-order valence-corrected chi connectivity index (χ1v) is 12.2. The Bertz CT molecular complexity index is 935. The molecule has 0 saturated carbocycles. The van der Waals surface area contributed by atoms with Gasteiger partial charge < -0.3 is 19.7 Å². The van der Waals surface area contributed by atoms with Crippen LogP contribution in [0.15, 0.2) is 53.0 Å². The second-order valence-corrected chi connectivity index (χ2v) is 10.4. The van der Waals surface area contributed by atoms with Crippen LogP contribution in [-0.4, -0.2) is 42.2 Å². The second kappa shape index (κ2) is 11.7. The van der Waals surface area contributed by atoms with Crippen LogP contribution in [0.1, 0.15) is 55.1 Å². The van der Waals surface area contributed by atoms with E-state index in [1.807, 2.05) is 63.2 Å². The van der Waals surface area contributed by atoms with Crippen molar-refractivity contribution in [1.82, 2.24) is 10.2 Å². The highest BCUT2D eigenvalue weighted by atomic mass is 79.9. The van der Waals surface area contributed by atoms with Gasteiger partial charge in [-0.1, -0.05) is 46.3 Å². The standard InChI is InChI=1S/C26H33BrN2O4/c1-26(2,3)33-25(31)29-11-9-19(10-12-29)16-28-17-21-13-22(15-23(27)14-21)24(30)32-18-20-7-5-4-6-8-20/h4-8,13-15,19,28H,9-12,16-18H2,1-3H3. The molecule has 0 aliphatic carbocycles. The van der Waals surface area contributed by atoms with E-state index < -0.39 is 5.60 Å². The van der Waals surface area contributed by atoms with Gasteiger partial charge >= 0.3 is 12.1 Å². The average Bonchev–Trinajstić information content (AvgIpc) is 2.77. The number of carbonyl (C=O) groups is 2. The normalized spacial score (nSPS) is 14.7. The van der Waals surface area contributed by atoms with Crippen molar-refractivity contribution in [2.24, 2.45) is 5.92 Å². The molecule has 6 nitrogen and oxygen atoms in total. The molecule has 0 unspecified atom stereocenters. The fraction of sp³-hybridized carbons (Fsp3) is 0.462. The number of nitrogens with zero attached hydrogens (tertiary/aromatic N) is 1. The summed E-state index contributed by atoms with van der Waals surface area (Å²) >= 11 is 3.50. The lowest BCUT2D eigenvalue weighted by molar-refractivity contribution is 0.0184. The van der Waals surface area contributed by atoms with Gasteiger partial charge in [0, 0.05) is 24.1 Å². The Morgan fingerprint density at radius 2 is 1.76 bits per heavy atom. The topological polar surface area (TPSA) is 67.9 Å². The molecule has 0 aromatic heterocycles. The van der Waals surface area contributed by atoms with Crippen LogP contribution >= 0.6 is 15.9 Å². The van der Waals surface area contributed by atoms with E-state index in [0.717, 1.165) is 48.1 Å². The summed E-state index contributed by atoms with van der Waals surface area (Å²) in [5, 5.41) is 3.50. The van der Waals surface area contributed by atoms with Crippen LogP contribution in [0, 0.1) is 5.92 Å². The van der Waals surface area contributed by atoms with Crippen molar-refractivity contribution in [3.8, 4) is 0 Å². The molecule has 2 aromatic carbocycles. The maximum absolute atomic E-state index is 12.5. The smallest absolute Gasteiger partial charge is 0.410 e. The lowest BCUT2D eigenvalue weighted by Gasteiger charge is -2.33. The highest BCUT2D eigenvalue weighted by Crippen LogP contribution is 2.20. The number of amides is 1. The number of likely N-dealkylation sites (tertiary alicyclic amines) is 1. The molecule has 178 valence electrons. The minimum Gasteiger partial charge on any atom is -0.457 e. The van der Waals surface area contributed by atoms with Crippen LogP contribution in [0.3, 0.4) is 0 Å². The van der Waals surface area contributed by atoms with Crippen LogP contribution in [0.5, 0.6) is 0 Å². The third kappa shape index (κ3) is 8.48. The summed E-state index contributed by atoms with van der Waals surface area (Å²) < 4.78 is 11.8. The number of halogens is 1. The molecule has 0 atom stereocenters. The monoisotopic (exact) mass is 516 g/mol. The number of rotatable bonds is 7. The van der Waals surface area contributed by atoms with Crippen molar-refractivity contribution in [2.75, 3.05) is 19.6 Å². The van der Waals surface area contributed by atoms with Crippen LogP contribution in [0.25, 0.3) is 0 Å². The molecule has 1 saturated heterocycles. The molecule has 1 fully saturated rings. The van der Waals surface area contributed by atoms with Gasteiger partial charge in [-0.3, -0.25) is 0 Å². The van der Waals surface area contributed by atoms with Gasteiger partial charge in [-0.2, -0.15) is 0 Å². The average molecular weight is 517 g/mol. The van der Waals surface area contributed by atoms with Crippen molar-refractivity contribution < 1.29 is 19.1 Å². The lowest BCUT2D eigenvalue weighted by Crippen LogP contribution is -2.43. The summed E-state index contributed by atoms with van der Waals surface area (Å²) in [6.07, 6.45) is 1.67. The molecule has 3 rings (SSSR count). The van der Waals surface area contributed by atoms with E-state index in [2.05, 4.69) is 21.2 Å². The lowest BCUT2D eigenvalue weighted by atomic mass is 9.97. The third-order valence-corrected chi connectivity index (χ3v) is 5.89. The van der Waals surface area contributed by atoms with E-state index in [1.165, 1.54) is 0 Å². The number of benzene rings is 2. The molecule has 0 radical (unpaired) electrons. The van der Waals surface area contributed by atoms with E-state index in [9.17, 15) is 9.59 Å². The Kier molecular flexibility index (Phi) is 8.92. The van der Waals surface area contributed by atoms with Gasteiger partial charge in [0.15, 0.2) is 0 Å². The van der Waals surface area contributed by atoms with Gasteiger partial charge in [0.25, 0.3) is 0 Å². The molecule has 1 aliphatic heterocycles. The zero-order chi connectivity index (χ0) is 23.8. The van der Waals surface area contributed by atoms with E-state index in [-0.39, 0.29) is 18.7 Å². The van der Waals surface area contributed by atoms with Crippen LogP contribution in [-0.2, 0) is 22.6 Å². The first kappa shape index (κ1) is 25.2. The Hall–Kier alpha value is -2.38. The molecule has 33 heavy (non-hydrogen) atoms. The van der Waals surface area contributed by atoms with Crippen LogP contribution in [0.4, 0.5) is 4.79 Å². The highest BCUT2D eigenvalue weighted by Gasteiger charge is 2.26. The van der Waals surface area contributed by atoms with Crippen molar-refractivity contribution >= 4 is 28.0 Å². The predicted molar refractivity (Wildman–Crippen MR) is 132 cm³/mol. The Labute approximate surface area is 204 Å². The maximum Gasteiger partial charge on any atom is 0.410 e. The van der Waals surface area contributed by atoms with E-state index in [0.29, 0.717) is 18.0 Å². The van der Waals surface area contributed by atoms with E-state index >= 15 is 0 Å². The van der Waals surface area contributed by atoms with Crippen molar-refractivity contribution in [2.45, 2.75) is 52.4 Å². The summed E-state index contributed by atoms with van der Waals surface area (Å²) in [5.74, 6) is 0.169. The molecule has 1 N–H and O–H groups in total. The van der Waals surface area contributed by atoms with Gasteiger partial charge in [-0.25, -0.2) is 9.59 Å². The summed E-state index contributed by atoms with van der Waals surface area (Å²) in [5.41, 5.74) is 2.04. The Balaban J connectivity index is 1.44. The summed E-state index contributed by atoms with van der Waals surface area (Å²) in [6.45, 7) is 8.87. The second-order valence-electron chi connectivity index (χ2n) is 9.45. The minimum absolute atomic E-state index is 0.227. The van der Waals surface area contributed by atoms with Gasteiger partial charge in [0.2, 0.25) is 0 Å². The van der Waals surface area contributed by atoms with Crippen molar-refractivity contribution in [1.29, 1.82) is 0 Å². The molecule has 0 bridgehead atoms. The van der Waals surface area contributed by atoms with Crippen molar-refractivity contribution in [3.05, 3.63) is 69.7 Å². The summed E-state index contributed by atoms with van der Waals surface area (Å²) in [4.78, 5) is 26.5. The number of carbonyl (C=O) groups excluding carboxylic acids is 2. The number of hydrogen-bond donors (Lipinski definition) is 1. The molecule has 1 aliphatic rings. The molecule has 1 heterocycles. The van der Waals surface area contributed by atoms with Crippen LogP contribution in [0.2, 0.25) is 0 Å². The summed E-state index contributed by atoms with van der Waals surface area (Å²) in [6, 6.07) is 15.3. The first-order chi connectivity index (χ1) is 15.7. The van der Waals surface area contributed by atoms with Gasteiger partial charge in [-0.05, 0) is 75.4 Å². The minimum atomic E-state index is -0.466. The van der Waals surface area contributed by atoms with Gasteiger partial charge in [0.05, 0.1) is 5.56 Å². The molecular weight excluding hydrogens is 484 g/mol. The zero-order valence-electron chi connectivity index (χ0n) is 19.6. The van der Waals surface area contributed by atoms with Gasteiger partial charge in [-0.15, -0.1) is 0 Å². The Morgan fingerprint density at radius 1 is 1.06 bits per heavy atom. The largest absolute Gasteiger partial charge is 0.457 e. The number of ether oxygens (including phenoxy) is 2. The molecule has 1 amide bonds. The fourth-order valence-corrected chi connectivity index (χ4v) is 4.28. The highest BCUT2D eigenvalue weighted by molar-refractivity contribution is 9.10. The van der Waals surface area contributed by atoms with Gasteiger partial charge in [0.1, 0.15) is 12.2 Å². The van der Waals surface area contributed by atoms with Crippen LogP contribution < -0.4 is 5.32 Å². The van der Waals surface area contributed by atoms with E-state index in [1.54, 1.807) is 11.0 Å². The molecule has 7 heteroatoms.